The SMILES string of the molecule is COCOC[C@@H](OC(N)=O)c1ccccc1I. The summed E-state index contributed by atoms with van der Waals surface area (Å²) >= 11 is 2.16. The van der Waals surface area contributed by atoms with Crippen molar-refractivity contribution in [1.82, 2.24) is 0 Å². The number of hydrogen-bond donors (Lipinski definition) is 1. The summed E-state index contributed by atoms with van der Waals surface area (Å²) in [5, 5.41) is 0. The number of amides is 1. The van der Waals surface area contributed by atoms with E-state index in [1.807, 2.05) is 24.3 Å². The van der Waals surface area contributed by atoms with Gasteiger partial charge in [0, 0.05) is 16.2 Å². The maximum absolute atomic E-state index is 10.8. The molecule has 0 radical (unpaired) electrons. The molecule has 1 aromatic rings. The maximum Gasteiger partial charge on any atom is 0.405 e. The Kier molecular flexibility index (Phi) is 6.23. The van der Waals surface area contributed by atoms with Crippen molar-refractivity contribution in [3.63, 3.8) is 0 Å². The number of benzene rings is 1. The fraction of sp³-hybridized carbons (Fsp3) is 0.364. The number of rotatable bonds is 6. The number of primary amides is 1. The van der Waals surface area contributed by atoms with Crippen LogP contribution in [0.25, 0.3) is 0 Å². The van der Waals surface area contributed by atoms with Crippen LogP contribution in [-0.4, -0.2) is 26.6 Å². The topological polar surface area (TPSA) is 70.8 Å². The molecule has 94 valence electrons. The molecule has 0 fully saturated rings. The Labute approximate surface area is 113 Å². The summed E-state index contributed by atoms with van der Waals surface area (Å²) in [4.78, 5) is 10.8. The average Bonchev–Trinajstić information content (AvgIpc) is 2.28. The zero-order chi connectivity index (χ0) is 12.7. The molecular formula is C11H14INO4. The zero-order valence-corrected chi connectivity index (χ0v) is 11.5. The molecule has 0 spiro atoms. The molecule has 1 aromatic carbocycles. The van der Waals surface area contributed by atoms with E-state index in [4.69, 9.17) is 19.9 Å². The lowest BCUT2D eigenvalue weighted by Gasteiger charge is -2.18. The summed E-state index contributed by atoms with van der Waals surface area (Å²) in [5.74, 6) is 0. The van der Waals surface area contributed by atoms with Gasteiger partial charge in [-0.15, -0.1) is 0 Å². The van der Waals surface area contributed by atoms with Crippen molar-refractivity contribution in [2.75, 3.05) is 20.5 Å². The third-order valence-corrected chi connectivity index (χ3v) is 2.96. The lowest BCUT2D eigenvalue weighted by molar-refractivity contribution is -0.0640. The van der Waals surface area contributed by atoms with Crippen LogP contribution in [-0.2, 0) is 14.2 Å². The maximum atomic E-state index is 10.8. The largest absolute Gasteiger partial charge is 0.439 e. The van der Waals surface area contributed by atoms with Crippen LogP contribution in [0.1, 0.15) is 11.7 Å². The summed E-state index contributed by atoms with van der Waals surface area (Å²) < 4.78 is 16.0. The van der Waals surface area contributed by atoms with Crippen LogP contribution in [0.5, 0.6) is 0 Å². The van der Waals surface area contributed by atoms with E-state index >= 15 is 0 Å². The van der Waals surface area contributed by atoms with Gasteiger partial charge in [0.2, 0.25) is 0 Å². The molecule has 0 heterocycles. The molecule has 2 N–H and O–H groups in total. The lowest BCUT2D eigenvalue weighted by atomic mass is 10.1. The van der Waals surface area contributed by atoms with Crippen LogP contribution in [0, 0.1) is 3.57 Å². The summed E-state index contributed by atoms with van der Waals surface area (Å²) in [6.07, 6.45) is -1.34. The normalized spacial score (nSPS) is 12.1. The number of methoxy groups -OCH3 is 1. The van der Waals surface area contributed by atoms with Crippen LogP contribution >= 0.6 is 22.6 Å². The van der Waals surface area contributed by atoms with Crippen molar-refractivity contribution in [2.24, 2.45) is 5.73 Å². The molecule has 0 saturated heterocycles. The fourth-order valence-electron chi connectivity index (χ4n) is 1.30. The Morgan fingerprint density at radius 2 is 2.18 bits per heavy atom. The summed E-state index contributed by atoms with van der Waals surface area (Å²) in [6.45, 7) is 0.346. The van der Waals surface area contributed by atoms with Gasteiger partial charge < -0.3 is 19.9 Å². The predicted octanol–water partition coefficient (Wildman–Crippen LogP) is 2.05. The first-order valence-corrected chi connectivity index (χ1v) is 6.00. The third kappa shape index (κ3) is 4.88. The summed E-state index contributed by atoms with van der Waals surface area (Å²) in [5.41, 5.74) is 5.90. The molecule has 0 saturated carbocycles. The van der Waals surface area contributed by atoms with Crippen molar-refractivity contribution in [3.05, 3.63) is 33.4 Å². The highest BCUT2D eigenvalue weighted by Crippen LogP contribution is 2.23. The second kappa shape index (κ2) is 7.46. The molecule has 0 bridgehead atoms. The minimum Gasteiger partial charge on any atom is -0.439 e. The molecule has 0 aliphatic carbocycles. The van der Waals surface area contributed by atoms with Gasteiger partial charge in [0.15, 0.2) is 6.10 Å². The van der Waals surface area contributed by atoms with Gasteiger partial charge in [0.1, 0.15) is 6.79 Å². The van der Waals surface area contributed by atoms with Gasteiger partial charge in [-0.3, -0.25) is 0 Å². The molecule has 0 aliphatic rings. The molecule has 1 atom stereocenters. The predicted molar refractivity (Wildman–Crippen MR) is 70.4 cm³/mol. The average molecular weight is 351 g/mol. The highest BCUT2D eigenvalue weighted by atomic mass is 127. The summed E-state index contributed by atoms with van der Waals surface area (Å²) in [6, 6.07) is 7.56. The van der Waals surface area contributed by atoms with E-state index in [9.17, 15) is 4.79 Å². The van der Waals surface area contributed by atoms with Crippen molar-refractivity contribution in [1.29, 1.82) is 0 Å². The quantitative estimate of drug-likeness (QED) is 0.484. The van der Waals surface area contributed by atoms with Crippen LogP contribution < -0.4 is 5.73 Å². The number of halogens is 1. The smallest absolute Gasteiger partial charge is 0.405 e. The van der Waals surface area contributed by atoms with Crippen molar-refractivity contribution < 1.29 is 19.0 Å². The minimum absolute atomic E-state index is 0.141. The monoisotopic (exact) mass is 351 g/mol. The molecule has 0 aromatic heterocycles. The number of ether oxygens (including phenoxy) is 3. The first-order chi connectivity index (χ1) is 8.15. The van der Waals surface area contributed by atoms with Crippen LogP contribution in [0.4, 0.5) is 4.79 Å². The molecule has 0 aliphatic heterocycles. The zero-order valence-electron chi connectivity index (χ0n) is 9.39. The highest BCUT2D eigenvalue weighted by molar-refractivity contribution is 14.1. The Hall–Kier alpha value is -0.860. The summed E-state index contributed by atoms with van der Waals surface area (Å²) in [7, 11) is 1.52. The van der Waals surface area contributed by atoms with E-state index < -0.39 is 12.2 Å². The van der Waals surface area contributed by atoms with Crippen molar-refractivity contribution in [3.8, 4) is 0 Å². The van der Waals surface area contributed by atoms with E-state index in [1.54, 1.807) is 0 Å². The lowest BCUT2D eigenvalue weighted by Crippen LogP contribution is -2.22. The molecule has 5 nitrogen and oxygen atoms in total. The Morgan fingerprint density at radius 1 is 1.47 bits per heavy atom. The van der Waals surface area contributed by atoms with Gasteiger partial charge in [-0.05, 0) is 28.7 Å². The Balaban J connectivity index is 2.75. The minimum atomic E-state index is -0.823. The van der Waals surface area contributed by atoms with Crippen molar-refractivity contribution >= 4 is 28.7 Å². The molecule has 6 heteroatoms. The third-order valence-electron chi connectivity index (χ3n) is 1.98. The standard InChI is InChI=1S/C11H14INO4/c1-15-7-16-6-10(17-11(13)14)8-4-2-3-5-9(8)12/h2-5,10H,6-7H2,1H3,(H2,13,14)/t10-/m1/s1. The number of nitrogens with two attached hydrogens (primary N) is 1. The van der Waals surface area contributed by atoms with E-state index in [0.29, 0.717) is 0 Å². The number of carbonyl (C=O) groups excluding carboxylic acids is 1. The van der Waals surface area contributed by atoms with Gasteiger partial charge >= 0.3 is 6.09 Å². The number of hydrogen-bond acceptors (Lipinski definition) is 4. The number of carbonyl (C=O) groups is 1. The molecule has 1 amide bonds. The highest BCUT2D eigenvalue weighted by Gasteiger charge is 2.17. The molecule has 1 rings (SSSR count). The van der Waals surface area contributed by atoms with Crippen LogP contribution in [0.2, 0.25) is 0 Å². The van der Waals surface area contributed by atoms with E-state index in [-0.39, 0.29) is 13.4 Å². The van der Waals surface area contributed by atoms with Gasteiger partial charge in [0.05, 0.1) is 6.61 Å². The van der Waals surface area contributed by atoms with E-state index in [2.05, 4.69) is 22.6 Å². The first kappa shape index (κ1) is 14.2. The fourth-order valence-corrected chi connectivity index (χ4v) is 2.04. The van der Waals surface area contributed by atoms with Gasteiger partial charge in [-0.2, -0.15) is 0 Å². The second-order valence-electron chi connectivity index (χ2n) is 3.22. The molecule has 17 heavy (non-hydrogen) atoms. The van der Waals surface area contributed by atoms with E-state index in [0.717, 1.165) is 9.13 Å². The van der Waals surface area contributed by atoms with Gasteiger partial charge in [-0.25, -0.2) is 4.79 Å². The Bertz CT molecular complexity index is 372. The second-order valence-corrected chi connectivity index (χ2v) is 4.39. The van der Waals surface area contributed by atoms with E-state index in [1.165, 1.54) is 7.11 Å². The Morgan fingerprint density at radius 3 is 2.76 bits per heavy atom. The van der Waals surface area contributed by atoms with Gasteiger partial charge in [0.25, 0.3) is 0 Å². The molecular weight excluding hydrogens is 337 g/mol. The molecule has 0 unspecified atom stereocenters. The van der Waals surface area contributed by atoms with Crippen LogP contribution in [0.3, 0.4) is 0 Å². The van der Waals surface area contributed by atoms with Crippen molar-refractivity contribution in [2.45, 2.75) is 6.10 Å². The van der Waals surface area contributed by atoms with Crippen LogP contribution in [0.15, 0.2) is 24.3 Å². The van der Waals surface area contributed by atoms with Gasteiger partial charge in [-0.1, -0.05) is 18.2 Å². The first-order valence-electron chi connectivity index (χ1n) is 4.92.